The third kappa shape index (κ3) is 4.67. The van der Waals surface area contributed by atoms with Gasteiger partial charge in [-0.3, -0.25) is 0 Å². The van der Waals surface area contributed by atoms with Gasteiger partial charge in [-0.15, -0.1) is 48.1 Å². The summed E-state index contributed by atoms with van der Waals surface area (Å²) in [5.74, 6) is 0. The molecule has 0 unspecified atom stereocenters. The van der Waals surface area contributed by atoms with E-state index in [4.69, 9.17) is 0 Å². The van der Waals surface area contributed by atoms with Crippen LogP contribution < -0.4 is 0 Å². The first-order chi connectivity index (χ1) is 5.86. The first-order valence-corrected chi connectivity index (χ1v) is 4.20. The smallest absolute Gasteiger partial charge is 0 e. The second kappa shape index (κ2) is 8.32. The molecule has 15 heavy (non-hydrogen) atoms. The molecule has 0 N–H and O–H groups in total. The van der Waals surface area contributed by atoms with Gasteiger partial charge in [0.05, 0.1) is 0 Å². The Balaban J connectivity index is 0. The zero-order valence-electron chi connectivity index (χ0n) is 8.49. The second-order valence-corrected chi connectivity index (χ2v) is 3.12. The van der Waals surface area contributed by atoms with E-state index in [1.54, 1.807) is 0 Å². The SMILES string of the molecule is CC1=CC(c2ccccc2)=[C-]C1.Cl.Cl.[Hf]. The van der Waals surface area contributed by atoms with Crippen molar-refractivity contribution in [1.29, 1.82) is 0 Å². The van der Waals surface area contributed by atoms with Gasteiger partial charge < -0.3 is 0 Å². The molecule has 0 atom stereocenters. The predicted molar refractivity (Wildman–Crippen MR) is 66.0 cm³/mol. The topological polar surface area (TPSA) is 0 Å². The Morgan fingerprint density at radius 2 is 1.67 bits per heavy atom. The number of allylic oxidation sites excluding steroid dienone is 4. The van der Waals surface area contributed by atoms with E-state index in [1.165, 1.54) is 16.7 Å². The van der Waals surface area contributed by atoms with E-state index >= 15 is 0 Å². The number of hydrogen-bond acceptors (Lipinski definition) is 0. The average molecular weight is 407 g/mol. The zero-order chi connectivity index (χ0) is 8.39. The van der Waals surface area contributed by atoms with Gasteiger partial charge in [-0.1, -0.05) is 31.5 Å². The molecule has 1 aromatic carbocycles. The number of halogens is 2. The van der Waals surface area contributed by atoms with Gasteiger partial charge >= 0.3 is 0 Å². The summed E-state index contributed by atoms with van der Waals surface area (Å²) in [5.41, 5.74) is 3.91. The quantitative estimate of drug-likeness (QED) is 0.487. The second-order valence-electron chi connectivity index (χ2n) is 3.12. The van der Waals surface area contributed by atoms with Gasteiger partial charge in [0, 0.05) is 25.8 Å². The Morgan fingerprint density at radius 1 is 1.07 bits per heavy atom. The number of rotatable bonds is 1. The largest absolute Gasteiger partial charge is 0.197 e. The van der Waals surface area contributed by atoms with Crippen molar-refractivity contribution < 1.29 is 25.8 Å². The number of hydrogen-bond donors (Lipinski definition) is 0. The van der Waals surface area contributed by atoms with Gasteiger partial charge in [0.25, 0.3) is 0 Å². The molecule has 0 radical (unpaired) electrons. The Kier molecular flexibility index (Phi) is 9.73. The van der Waals surface area contributed by atoms with Crippen molar-refractivity contribution >= 4 is 30.4 Å². The monoisotopic (exact) mass is 407 g/mol. The van der Waals surface area contributed by atoms with Crippen molar-refractivity contribution in [2.24, 2.45) is 0 Å². The molecule has 1 aliphatic carbocycles. The van der Waals surface area contributed by atoms with E-state index < -0.39 is 0 Å². The van der Waals surface area contributed by atoms with Gasteiger partial charge in [0.1, 0.15) is 0 Å². The van der Waals surface area contributed by atoms with Gasteiger partial charge in [0.15, 0.2) is 0 Å². The van der Waals surface area contributed by atoms with Crippen LogP contribution in [0.1, 0.15) is 18.9 Å². The molecule has 0 nitrogen and oxygen atoms in total. The molecule has 0 amide bonds. The van der Waals surface area contributed by atoms with Crippen LogP contribution in [0.5, 0.6) is 0 Å². The van der Waals surface area contributed by atoms with Crippen LogP contribution in [0.25, 0.3) is 5.57 Å². The zero-order valence-corrected chi connectivity index (χ0v) is 13.7. The van der Waals surface area contributed by atoms with E-state index in [-0.39, 0.29) is 50.7 Å². The van der Waals surface area contributed by atoms with Crippen LogP contribution in [0, 0.1) is 6.08 Å². The van der Waals surface area contributed by atoms with Crippen molar-refractivity contribution in [2.75, 3.05) is 0 Å². The van der Waals surface area contributed by atoms with Crippen LogP contribution in [-0.4, -0.2) is 0 Å². The molecule has 0 heterocycles. The molecule has 3 heteroatoms. The standard InChI is InChI=1S/C12H11.2ClH.Hf/c1-10-7-8-12(9-10)11-5-3-2-4-6-11;;;/h2-6,9H,7H2,1H3;2*1H;/q-1;;;. The minimum absolute atomic E-state index is 0. The summed E-state index contributed by atoms with van der Waals surface area (Å²) in [6.45, 7) is 2.14. The van der Waals surface area contributed by atoms with E-state index in [0.29, 0.717) is 0 Å². The van der Waals surface area contributed by atoms with Crippen LogP contribution >= 0.6 is 24.8 Å². The molecular weight excluding hydrogens is 394 g/mol. The molecule has 1 aliphatic rings. The molecular formula is C12H13Cl2Hf-. The maximum absolute atomic E-state index is 3.35. The summed E-state index contributed by atoms with van der Waals surface area (Å²) in [7, 11) is 0. The molecule has 0 aliphatic heterocycles. The summed E-state index contributed by atoms with van der Waals surface area (Å²) in [6.07, 6.45) is 6.54. The van der Waals surface area contributed by atoms with E-state index in [9.17, 15) is 0 Å². The van der Waals surface area contributed by atoms with Crippen LogP contribution in [0.15, 0.2) is 42.0 Å². The van der Waals surface area contributed by atoms with Crippen molar-refractivity contribution in [3.05, 3.63) is 53.6 Å². The molecule has 0 saturated carbocycles. The minimum Gasteiger partial charge on any atom is -0.197 e. The van der Waals surface area contributed by atoms with Crippen LogP contribution in [0.2, 0.25) is 0 Å². The third-order valence-electron chi connectivity index (χ3n) is 2.03. The Bertz CT molecular complexity index is 342. The van der Waals surface area contributed by atoms with Gasteiger partial charge in [-0.2, -0.15) is 17.7 Å². The van der Waals surface area contributed by atoms with E-state index in [2.05, 4.69) is 43.3 Å². The number of benzene rings is 1. The molecule has 2 rings (SSSR count). The first-order valence-electron chi connectivity index (χ1n) is 4.20. The Morgan fingerprint density at radius 3 is 2.13 bits per heavy atom. The van der Waals surface area contributed by atoms with Gasteiger partial charge in [-0.05, 0) is 0 Å². The molecule has 0 aromatic heterocycles. The van der Waals surface area contributed by atoms with Crippen molar-refractivity contribution in [2.45, 2.75) is 13.3 Å². The van der Waals surface area contributed by atoms with Crippen molar-refractivity contribution in [3.63, 3.8) is 0 Å². The molecule has 1 aromatic rings. The maximum Gasteiger partial charge on any atom is 0 e. The Labute approximate surface area is 122 Å². The molecule has 0 fully saturated rings. The van der Waals surface area contributed by atoms with Crippen LogP contribution in [-0.2, 0) is 25.8 Å². The summed E-state index contributed by atoms with van der Waals surface area (Å²) < 4.78 is 0. The summed E-state index contributed by atoms with van der Waals surface area (Å²) >= 11 is 0. The summed E-state index contributed by atoms with van der Waals surface area (Å²) in [6, 6.07) is 10.4. The normalized spacial score (nSPS) is 12.6. The first kappa shape index (κ1) is 17.5. The molecule has 0 saturated heterocycles. The van der Waals surface area contributed by atoms with Crippen molar-refractivity contribution in [3.8, 4) is 0 Å². The van der Waals surface area contributed by atoms with Crippen molar-refractivity contribution in [1.82, 2.24) is 0 Å². The Hall–Kier alpha value is 0.150. The van der Waals surface area contributed by atoms with Gasteiger partial charge in [0.2, 0.25) is 0 Å². The summed E-state index contributed by atoms with van der Waals surface area (Å²) in [5, 5.41) is 0. The van der Waals surface area contributed by atoms with E-state index in [0.717, 1.165) is 6.42 Å². The van der Waals surface area contributed by atoms with Crippen LogP contribution in [0.4, 0.5) is 0 Å². The average Bonchev–Trinajstić information content (AvgIpc) is 2.54. The molecule has 0 bridgehead atoms. The molecule has 80 valence electrons. The minimum atomic E-state index is 0. The fourth-order valence-corrected chi connectivity index (χ4v) is 1.39. The fourth-order valence-electron chi connectivity index (χ4n) is 1.39. The summed E-state index contributed by atoms with van der Waals surface area (Å²) in [4.78, 5) is 0. The molecule has 0 spiro atoms. The fraction of sp³-hybridized carbons (Fsp3) is 0.167. The van der Waals surface area contributed by atoms with Crippen LogP contribution in [0.3, 0.4) is 0 Å². The van der Waals surface area contributed by atoms with Gasteiger partial charge in [-0.25, -0.2) is 0 Å². The third-order valence-corrected chi connectivity index (χ3v) is 2.03. The van der Waals surface area contributed by atoms with E-state index in [1.807, 2.05) is 6.07 Å². The predicted octanol–water partition coefficient (Wildman–Crippen LogP) is 4.06. The maximum atomic E-state index is 3.35.